The monoisotopic (exact) mass is 265 g/mol. The summed E-state index contributed by atoms with van der Waals surface area (Å²) in [6, 6.07) is 0.484. The lowest BCUT2D eigenvalue weighted by atomic mass is 9.79. The fraction of sp³-hybridized carbons (Fsp3) is 0.857. The van der Waals surface area contributed by atoms with Crippen molar-refractivity contribution in [3.8, 4) is 0 Å². The smallest absolute Gasteiger partial charge is 0.228 e. The second kappa shape index (κ2) is 5.21. The number of ether oxygens (including phenoxy) is 1. The zero-order chi connectivity index (χ0) is 13.3. The van der Waals surface area contributed by atoms with Crippen LogP contribution in [-0.4, -0.2) is 29.8 Å². The molecule has 2 saturated carbocycles. The van der Waals surface area contributed by atoms with Crippen LogP contribution in [-0.2, 0) is 16.8 Å². The molecule has 106 valence electrons. The minimum absolute atomic E-state index is 0.269. The molecule has 0 amide bonds. The molecule has 1 N–H and O–H groups in total. The Morgan fingerprint density at radius 1 is 1.47 bits per heavy atom. The van der Waals surface area contributed by atoms with Crippen molar-refractivity contribution in [3.05, 3.63) is 11.7 Å². The summed E-state index contributed by atoms with van der Waals surface area (Å²) >= 11 is 0. The molecule has 0 spiro atoms. The Bertz CT molecular complexity index is 419. The number of nitrogens with one attached hydrogen (secondary N) is 1. The number of methoxy groups -OCH3 is 1. The van der Waals surface area contributed by atoms with Crippen molar-refractivity contribution >= 4 is 0 Å². The van der Waals surface area contributed by atoms with Crippen LogP contribution in [0.15, 0.2) is 4.52 Å². The lowest BCUT2D eigenvalue weighted by Gasteiger charge is -2.37. The first-order valence-corrected chi connectivity index (χ1v) is 7.39. The number of nitrogens with zero attached hydrogens (tertiary/aromatic N) is 2. The molecule has 19 heavy (non-hydrogen) atoms. The molecule has 1 unspecified atom stereocenters. The minimum Gasteiger partial charge on any atom is -0.370 e. The molecule has 1 aromatic heterocycles. The highest BCUT2D eigenvalue weighted by Crippen LogP contribution is 2.42. The normalized spacial score (nSPS) is 23.1. The van der Waals surface area contributed by atoms with E-state index in [9.17, 15) is 0 Å². The van der Waals surface area contributed by atoms with E-state index in [-0.39, 0.29) is 5.60 Å². The first-order valence-electron chi connectivity index (χ1n) is 7.39. The Morgan fingerprint density at radius 3 is 2.79 bits per heavy atom. The zero-order valence-electron chi connectivity index (χ0n) is 11.8. The molecule has 5 heteroatoms. The van der Waals surface area contributed by atoms with Gasteiger partial charge in [0.05, 0.1) is 0 Å². The van der Waals surface area contributed by atoms with Gasteiger partial charge in [-0.2, -0.15) is 4.98 Å². The maximum absolute atomic E-state index is 5.58. The Kier molecular flexibility index (Phi) is 3.58. The average Bonchev–Trinajstić information content (AvgIpc) is 3.10. The summed E-state index contributed by atoms with van der Waals surface area (Å²) in [6.07, 6.45) is 6.66. The predicted octanol–water partition coefficient (Wildman–Crippen LogP) is 2.03. The standard InChI is InChI=1S/C14H23N3O2/c1-3-15-11(10-5-6-10)9-12-16-13(17-19-12)14(18-2)7-4-8-14/h10-11,15H,3-9H2,1-2H3. The summed E-state index contributed by atoms with van der Waals surface area (Å²) in [6.45, 7) is 3.13. The number of hydrogen-bond acceptors (Lipinski definition) is 5. The van der Waals surface area contributed by atoms with Gasteiger partial charge in [-0.05, 0) is 44.6 Å². The molecule has 1 aromatic rings. The van der Waals surface area contributed by atoms with E-state index >= 15 is 0 Å². The van der Waals surface area contributed by atoms with Crippen LogP contribution in [0.2, 0.25) is 0 Å². The molecule has 2 aliphatic rings. The zero-order valence-corrected chi connectivity index (χ0v) is 11.8. The van der Waals surface area contributed by atoms with Crippen molar-refractivity contribution in [3.63, 3.8) is 0 Å². The van der Waals surface area contributed by atoms with Crippen LogP contribution in [0, 0.1) is 5.92 Å². The molecular weight excluding hydrogens is 242 g/mol. The number of aromatic nitrogens is 2. The highest BCUT2D eigenvalue weighted by molar-refractivity contribution is 5.07. The van der Waals surface area contributed by atoms with Crippen molar-refractivity contribution in [2.45, 2.75) is 57.1 Å². The molecule has 2 fully saturated rings. The fourth-order valence-corrected chi connectivity index (χ4v) is 2.89. The van der Waals surface area contributed by atoms with Gasteiger partial charge >= 0.3 is 0 Å². The highest BCUT2D eigenvalue weighted by Gasteiger charge is 2.43. The second-order valence-corrected chi connectivity index (χ2v) is 5.77. The van der Waals surface area contributed by atoms with Gasteiger partial charge in [0.25, 0.3) is 0 Å². The Morgan fingerprint density at radius 2 is 2.26 bits per heavy atom. The molecule has 0 radical (unpaired) electrons. The van der Waals surface area contributed by atoms with Crippen LogP contribution < -0.4 is 5.32 Å². The molecule has 0 saturated heterocycles. The van der Waals surface area contributed by atoms with Crippen molar-refractivity contribution < 1.29 is 9.26 Å². The van der Waals surface area contributed by atoms with Crippen LogP contribution >= 0.6 is 0 Å². The third kappa shape index (κ3) is 2.54. The lowest BCUT2D eigenvalue weighted by Crippen LogP contribution is -2.37. The van der Waals surface area contributed by atoms with E-state index in [2.05, 4.69) is 22.4 Å². The predicted molar refractivity (Wildman–Crippen MR) is 70.7 cm³/mol. The highest BCUT2D eigenvalue weighted by atomic mass is 16.5. The van der Waals surface area contributed by atoms with E-state index in [0.717, 1.165) is 43.4 Å². The molecular formula is C14H23N3O2. The number of hydrogen-bond donors (Lipinski definition) is 1. The van der Waals surface area contributed by atoms with Gasteiger partial charge in [0.2, 0.25) is 11.7 Å². The van der Waals surface area contributed by atoms with Crippen molar-refractivity contribution in [2.75, 3.05) is 13.7 Å². The maximum Gasteiger partial charge on any atom is 0.228 e. The molecule has 3 rings (SSSR count). The van der Waals surface area contributed by atoms with Crippen molar-refractivity contribution in [1.82, 2.24) is 15.5 Å². The van der Waals surface area contributed by atoms with Gasteiger partial charge in [-0.3, -0.25) is 0 Å². The second-order valence-electron chi connectivity index (χ2n) is 5.77. The van der Waals surface area contributed by atoms with Crippen molar-refractivity contribution in [2.24, 2.45) is 5.92 Å². The molecule has 2 aliphatic carbocycles. The molecule has 0 aromatic carbocycles. The summed E-state index contributed by atoms with van der Waals surface area (Å²) in [5.41, 5.74) is -0.269. The van der Waals surface area contributed by atoms with Crippen LogP contribution in [0.1, 0.15) is 50.7 Å². The van der Waals surface area contributed by atoms with Crippen LogP contribution in [0.3, 0.4) is 0 Å². The SMILES string of the molecule is CCNC(Cc1nc(C2(OC)CCC2)no1)C1CC1. The van der Waals surface area contributed by atoms with Crippen LogP contribution in [0.25, 0.3) is 0 Å². The van der Waals surface area contributed by atoms with Crippen molar-refractivity contribution in [1.29, 1.82) is 0 Å². The van der Waals surface area contributed by atoms with Crippen LogP contribution in [0.5, 0.6) is 0 Å². The molecule has 5 nitrogen and oxygen atoms in total. The first kappa shape index (κ1) is 13.1. The van der Waals surface area contributed by atoms with Gasteiger partial charge in [0.15, 0.2) is 0 Å². The maximum atomic E-state index is 5.58. The van der Waals surface area contributed by atoms with E-state index in [1.54, 1.807) is 7.11 Å². The Hall–Kier alpha value is -0.940. The summed E-state index contributed by atoms with van der Waals surface area (Å²) < 4.78 is 11.0. The minimum atomic E-state index is -0.269. The van der Waals surface area contributed by atoms with E-state index in [1.165, 1.54) is 19.3 Å². The van der Waals surface area contributed by atoms with E-state index in [1.807, 2.05) is 0 Å². The summed E-state index contributed by atoms with van der Waals surface area (Å²) in [4.78, 5) is 4.56. The van der Waals surface area contributed by atoms with Crippen LogP contribution in [0.4, 0.5) is 0 Å². The fourth-order valence-electron chi connectivity index (χ4n) is 2.89. The molecule has 0 bridgehead atoms. The van der Waals surface area contributed by atoms with E-state index < -0.39 is 0 Å². The molecule has 1 heterocycles. The van der Waals surface area contributed by atoms with Gasteiger partial charge in [-0.1, -0.05) is 12.1 Å². The number of rotatable bonds is 7. The van der Waals surface area contributed by atoms with Gasteiger partial charge in [-0.15, -0.1) is 0 Å². The summed E-state index contributed by atoms with van der Waals surface area (Å²) in [7, 11) is 1.74. The third-order valence-corrected chi connectivity index (χ3v) is 4.48. The third-order valence-electron chi connectivity index (χ3n) is 4.48. The van der Waals surface area contributed by atoms with E-state index in [4.69, 9.17) is 9.26 Å². The Labute approximate surface area is 114 Å². The van der Waals surface area contributed by atoms with E-state index in [0.29, 0.717) is 6.04 Å². The molecule has 0 aliphatic heterocycles. The Balaban J connectivity index is 1.67. The summed E-state index contributed by atoms with van der Waals surface area (Å²) in [5, 5.41) is 7.66. The quantitative estimate of drug-likeness (QED) is 0.817. The van der Waals surface area contributed by atoms with Gasteiger partial charge in [-0.25, -0.2) is 0 Å². The number of likely N-dealkylation sites (N-methyl/N-ethyl adjacent to an activating group) is 1. The summed E-state index contributed by atoms with van der Waals surface area (Å²) in [5.74, 6) is 2.27. The van der Waals surface area contributed by atoms with Gasteiger partial charge < -0.3 is 14.6 Å². The largest absolute Gasteiger partial charge is 0.370 e. The average molecular weight is 265 g/mol. The topological polar surface area (TPSA) is 60.2 Å². The lowest BCUT2D eigenvalue weighted by molar-refractivity contribution is -0.0858. The molecule has 1 atom stereocenters. The van der Waals surface area contributed by atoms with Gasteiger partial charge in [0, 0.05) is 19.6 Å². The van der Waals surface area contributed by atoms with Gasteiger partial charge in [0.1, 0.15) is 5.60 Å². The first-order chi connectivity index (χ1) is 9.27.